The zero-order valence-corrected chi connectivity index (χ0v) is 18.4. The van der Waals surface area contributed by atoms with Gasteiger partial charge in [0, 0.05) is 31.8 Å². The second-order valence-corrected chi connectivity index (χ2v) is 8.33. The minimum atomic E-state index is -0.513. The summed E-state index contributed by atoms with van der Waals surface area (Å²) >= 11 is 0. The fourth-order valence-electron chi connectivity index (χ4n) is 4.32. The lowest BCUT2D eigenvalue weighted by Crippen LogP contribution is -2.47. The molecule has 4 rings (SSSR count). The number of hydrogen-bond acceptors (Lipinski definition) is 6. The van der Waals surface area contributed by atoms with Gasteiger partial charge in [0.25, 0.3) is 17.5 Å². The molecule has 1 saturated heterocycles. The van der Waals surface area contributed by atoms with Crippen LogP contribution in [-0.4, -0.2) is 58.4 Å². The van der Waals surface area contributed by atoms with Gasteiger partial charge in [-0.3, -0.25) is 24.6 Å². The van der Waals surface area contributed by atoms with Crippen molar-refractivity contribution >= 4 is 23.1 Å². The number of rotatable bonds is 6. The molecule has 0 N–H and O–H groups in total. The van der Waals surface area contributed by atoms with Crippen LogP contribution in [-0.2, 0) is 20.7 Å². The van der Waals surface area contributed by atoms with E-state index >= 15 is 0 Å². The van der Waals surface area contributed by atoms with E-state index < -0.39 is 16.7 Å². The van der Waals surface area contributed by atoms with E-state index in [0.717, 1.165) is 5.56 Å². The first kappa shape index (κ1) is 22.6. The van der Waals surface area contributed by atoms with Gasteiger partial charge in [-0.1, -0.05) is 12.1 Å². The Morgan fingerprint density at radius 1 is 1.00 bits per heavy atom. The molecule has 2 aromatic carbocycles. The maximum atomic E-state index is 13.5. The Hall–Kier alpha value is -3.59. The maximum Gasteiger partial charge on any atom is 0.277 e. The Balaban J connectivity index is 1.67. The third-order valence-corrected chi connectivity index (χ3v) is 5.78. The second kappa shape index (κ2) is 9.11. The summed E-state index contributed by atoms with van der Waals surface area (Å²) in [4.78, 5) is 40.5. The summed E-state index contributed by atoms with van der Waals surface area (Å²) in [5, 5.41) is 11.0. The lowest BCUT2D eigenvalue weighted by molar-refractivity contribution is -0.384. The maximum absolute atomic E-state index is 13.5. The van der Waals surface area contributed by atoms with Crippen molar-refractivity contribution < 1.29 is 23.6 Å². The summed E-state index contributed by atoms with van der Waals surface area (Å²) in [5.74, 6) is -1.21. The number of nitro groups is 1. The molecule has 0 aromatic heterocycles. The summed E-state index contributed by atoms with van der Waals surface area (Å²) in [6.07, 6.45) is 0.125. The van der Waals surface area contributed by atoms with Gasteiger partial charge in [0.05, 0.1) is 22.7 Å². The minimum Gasteiger partial charge on any atom is -0.372 e. The van der Waals surface area contributed by atoms with Gasteiger partial charge in [-0.2, -0.15) is 0 Å². The molecule has 2 amide bonds. The summed E-state index contributed by atoms with van der Waals surface area (Å²) in [7, 11) is 0. The average molecular weight is 453 g/mol. The summed E-state index contributed by atoms with van der Waals surface area (Å²) < 4.78 is 19.0. The SMILES string of the molecule is CC1CN(C2=C(c3ccc([N+](=O)[O-])cc3)C(=O)N(CCc3ccc(F)cc3)C2=O)CC(C)O1. The Kier molecular flexibility index (Phi) is 6.24. The second-order valence-electron chi connectivity index (χ2n) is 8.33. The molecular formula is C24H24FN3O5. The highest BCUT2D eigenvalue weighted by Gasteiger charge is 2.42. The zero-order valence-electron chi connectivity index (χ0n) is 18.4. The first-order valence-electron chi connectivity index (χ1n) is 10.7. The standard InChI is InChI=1S/C24H24FN3O5/c1-15-13-26(14-16(2)33-15)22-21(18-5-9-20(10-6-18)28(31)32)23(29)27(24(22)30)12-11-17-3-7-19(25)8-4-17/h3-10,15-16H,11-14H2,1-2H3. The Labute approximate surface area is 190 Å². The number of carbonyl (C=O) groups excluding carboxylic acids is 2. The number of ether oxygens (including phenoxy) is 1. The Morgan fingerprint density at radius 3 is 2.18 bits per heavy atom. The van der Waals surface area contributed by atoms with Crippen molar-refractivity contribution in [3.05, 3.63) is 81.3 Å². The molecule has 33 heavy (non-hydrogen) atoms. The van der Waals surface area contributed by atoms with Crippen LogP contribution in [0.3, 0.4) is 0 Å². The van der Waals surface area contributed by atoms with E-state index in [1.165, 1.54) is 41.3 Å². The fourth-order valence-corrected chi connectivity index (χ4v) is 4.32. The topological polar surface area (TPSA) is 93.0 Å². The predicted octanol–water partition coefficient (Wildman–Crippen LogP) is 3.17. The van der Waals surface area contributed by atoms with Crippen molar-refractivity contribution in [3.63, 3.8) is 0 Å². The summed E-state index contributed by atoms with van der Waals surface area (Å²) in [6.45, 7) is 4.84. The molecule has 0 aliphatic carbocycles. The first-order chi connectivity index (χ1) is 15.7. The number of amides is 2. The molecule has 0 bridgehead atoms. The van der Waals surface area contributed by atoms with E-state index in [9.17, 15) is 24.1 Å². The molecule has 2 atom stereocenters. The Morgan fingerprint density at radius 2 is 1.61 bits per heavy atom. The third-order valence-electron chi connectivity index (χ3n) is 5.78. The number of nitro benzene ring substituents is 1. The molecule has 2 unspecified atom stereocenters. The number of benzene rings is 2. The molecule has 2 heterocycles. The molecule has 2 aliphatic heterocycles. The van der Waals surface area contributed by atoms with Gasteiger partial charge < -0.3 is 9.64 Å². The number of nitrogens with zero attached hydrogens (tertiary/aromatic N) is 3. The number of non-ortho nitro benzene ring substituents is 1. The average Bonchev–Trinajstić information content (AvgIpc) is 3.02. The van der Waals surface area contributed by atoms with Crippen LogP contribution in [0.15, 0.2) is 54.2 Å². The van der Waals surface area contributed by atoms with Crippen molar-refractivity contribution in [1.29, 1.82) is 0 Å². The van der Waals surface area contributed by atoms with Crippen molar-refractivity contribution in [2.24, 2.45) is 0 Å². The third kappa shape index (κ3) is 4.63. The van der Waals surface area contributed by atoms with Crippen molar-refractivity contribution in [2.45, 2.75) is 32.5 Å². The lowest BCUT2D eigenvalue weighted by atomic mass is 10.0. The van der Waals surface area contributed by atoms with Crippen LogP contribution in [0.5, 0.6) is 0 Å². The van der Waals surface area contributed by atoms with E-state index in [2.05, 4.69) is 0 Å². The summed E-state index contributed by atoms with van der Waals surface area (Å²) in [6, 6.07) is 11.6. The van der Waals surface area contributed by atoms with E-state index in [1.54, 1.807) is 12.1 Å². The van der Waals surface area contributed by atoms with E-state index in [0.29, 0.717) is 25.1 Å². The molecule has 0 spiro atoms. The molecule has 9 heteroatoms. The number of morpholine rings is 1. The minimum absolute atomic E-state index is 0.0977. The number of hydrogen-bond donors (Lipinski definition) is 0. The van der Waals surface area contributed by atoms with Gasteiger partial charge in [0.2, 0.25) is 0 Å². The Bertz CT molecular complexity index is 1100. The van der Waals surface area contributed by atoms with E-state index in [-0.39, 0.29) is 41.5 Å². The smallest absolute Gasteiger partial charge is 0.277 e. The van der Waals surface area contributed by atoms with Crippen molar-refractivity contribution in [1.82, 2.24) is 9.80 Å². The van der Waals surface area contributed by atoms with Crippen LogP contribution in [0.25, 0.3) is 5.57 Å². The first-order valence-corrected chi connectivity index (χ1v) is 10.7. The largest absolute Gasteiger partial charge is 0.372 e. The fraction of sp³-hybridized carbons (Fsp3) is 0.333. The van der Waals surface area contributed by atoms with E-state index in [4.69, 9.17) is 4.74 Å². The van der Waals surface area contributed by atoms with Crippen molar-refractivity contribution in [3.8, 4) is 0 Å². The number of imide groups is 1. The number of halogens is 1. The number of carbonyl (C=O) groups is 2. The van der Waals surface area contributed by atoms with Gasteiger partial charge in [-0.25, -0.2) is 4.39 Å². The highest BCUT2D eigenvalue weighted by atomic mass is 19.1. The zero-order chi connectivity index (χ0) is 23.7. The molecular weight excluding hydrogens is 429 g/mol. The van der Waals surface area contributed by atoms with Crippen LogP contribution in [0.1, 0.15) is 25.0 Å². The predicted molar refractivity (Wildman–Crippen MR) is 118 cm³/mol. The molecule has 0 radical (unpaired) electrons. The van der Waals surface area contributed by atoms with E-state index in [1.807, 2.05) is 18.7 Å². The van der Waals surface area contributed by atoms with Crippen LogP contribution < -0.4 is 0 Å². The molecule has 1 fully saturated rings. The molecule has 0 saturated carbocycles. The van der Waals surface area contributed by atoms with Gasteiger partial charge >= 0.3 is 0 Å². The molecule has 172 valence electrons. The molecule has 2 aliphatic rings. The molecule has 8 nitrogen and oxygen atoms in total. The highest BCUT2D eigenvalue weighted by Crippen LogP contribution is 2.34. The van der Waals surface area contributed by atoms with Gasteiger partial charge in [-0.15, -0.1) is 0 Å². The highest BCUT2D eigenvalue weighted by molar-refractivity contribution is 6.35. The van der Waals surface area contributed by atoms with Crippen LogP contribution in [0, 0.1) is 15.9 Å². The van der Waals surface area contributed by atoms with Crippen molar-refractivity contribution in [2.75, 3.05) is 19.6 Å². The van der Waals surface area contributed by atoms with Gasteiger partial charge in [0.15, 0.2) is 0 Å². The van der Waals surface area contributed by atoms with Crippen LogP contribution in [0.2, 0.25) is 0 Å². The quantitative estimate of drug-likeness (QED) is 0.379. The monoisotopic (exact) mass is 453 g/mol. The normalized spacial score (nSPS) is 21.2. The molecule has 2 aromatic rings. The van der Waals surface area contributed by atoms with Crippen LogP contribution in [0.4, 0.5) is 10.1 Å². The summed E-state index contributed by atoms with van der Waals surface area (Å²) in [5.41, 5.74) is 1.67. The van der Waals surface area contributed by atoms with Gasteiger partial charge in [0.1, 0.15) is 11.5 Å². The lowest BCUT2D eigenvalue weighted by Gasteiger charge is -2.37. The van der Waals surface area contributed by atoms with Crippen LogP contribution >= 0.6 is 0 Å². The van der Waals surface area contributed by atoms with Gasteiger partial charge in [-0.05, 0) is 55.7 Å².